The molecule has 1 aromatic heterocycles. The summed E-state index contributed by atoms with van der Waals surface area (Å²) in [6.45, 7) is 0. The molecule has 1 aliphatic rings. The Bertz CT molecular complexity index is 827. The lowest BCUT2D eigenvalue weighted by Crippen LogP contribution is -2.43. The monoisotopic (exact) mass is 328 g/mol. The van der Waals surface area contributed by atoms with Gasteiger partial charge in [-0.2, -0.15) is 0 Å². The summed E-state index contributed by atoms with van der Waals surface area (Å²) in [6.07, 6.45) is 3.79. The van der Waals surface area contributed by atoms with Crippen molar-refractivity contribution in [2.24, 2.45) is 7.05 Å². The van der Waals surface area contributed by atoms with Crippen molar-refractivity contribution in [3.05, 3.63) is 47.5 Å². The van der Waals surface area contributed by atoms with Crippen LogP contribution in [0.4, 0.5) is 5.69 Å². The number of nitrogens with zero attached hydrogens (tertiary/aromatic N) is 2. The zero-order valence-electron chi connectivity index (χ0n) is 12.9. The number of carbonyl (C=O) groups excluding carboxylic acids is 2. The number of anilines is 1. The topological polar surface area (TPSA) is 113 Å². The van der Waals surface area contributed by atoms with Crippen molar-refractivity contribution in [3.8, 4) is 0 Å². The SMILES string of the molecule is Cn1cncc1C(=O)NC1CCc2cc(C(=O)O)ccc2NC1=O. The summed E-state index contributed by atoms with van der Waals surface area (Å²) >= 11 is 0. The maximum atomic E-state index is 12.3. The van der Waals surface area contributed by atoms with Crippen LogP contribution in [-0.2, 0) is 18.3 Å². The second-order valence-corrected chi connectivity index (χ2v) is 5.62. The summed E-state index contributed by atoms with van der Waals surface area (Å²) in [5, 5.41) is 14.5. The standard InChI is InChI=1S/C16H16N4O4/c1-20-8-17-7-13(20)15(22)19-12-5-2-9-6-10(16(23)24)3-4-11(9)18-14(12)21/h3-4,6-8,12H,2,5H2,1H3,(H,18,21)(H,19,22)(H,23,24). The molecule has 0 spiro atoms. The molecular formula is C16H16N4O4. The Morgan fingerprint density at radius 3 is 2.88 bits per heavy atom. The van der Waals surface area contributed by atoms with Crippen LogP contribution in [0.15, 0.2) is 30.7 Å². The highest BCUT2D eigenvalue weighted by atomic mass is 16.4. The molecule has 0 saturated carbocycles. The third kappa shape index (κ3) is 2.98. The van der Waals surface area contributed by atoms with E-state index in [0.29, 0.717) is 24.2 Å². The van der Waals surface area contributed by atoms with Crippen LogP contribution in [0.5, 0.6) is 0 Å². The van der Waals surface area contributed by atoms with Gasteiger partial charge in [0.25, 0.3) is 5.91 Å². The van der Waals surface area contributed by atoms with Gasteiger partial charge < -0.3 is 20.3 Å². The molecule has 0 fully saturated rings. The van der Waals surface area contributed by atoms with Crippen LogP contribution >= 0.6 is 0 Å². The molecule has 124 valence electrons. The van der Waals surface area contributed by atoms with Gasteiger partial charge in [-0.25, -0.2) is 9.78 Å². The molecule has 1 aliphatic heterocycles. The lowest BCUT2D eigenvalue weighted by atomic mass is 10.0. The van der Waals surface area contributed by atoms with Gasteiger partial charge in [0, 0.05) is 12.7 Å². The smallest absolute Gasteiger partial charge is 0.335 e. The average molecular weight is 328 g/mol. The minimum Gasteiger partial charge on any atom is -0.478 e. The molecule has 3 rings (SSSR count). The van der Waals surface area contributed by atoms with E-state index in [-0.39, 0.29) is 17.4 Å². The first-order valence-electron chi connectivity index (χ1n) is 7.40. The van der Waals surface area contributed by atoms with E-state index < -0.39 is 12.0 Å². The highest BCUT2D eigenvalue weighted by Gasteiger charge is 2.26. The Hall–Kier alpha value is -3.16. The van der Waals surface area contributed by atoms with Gasteiger partial charge in [0.15, 0.2) is 0 Å². The number of benzene rings is 1. The summed E-state index contributed by atoms with van der Waals surface area (Å²) in [6, 6.07) is 3.86. The first kappa shape index (κ1) is 15.7. The van der Waals surface area contributed by atoms with Crippen LogP contribution in [0, 0.1) is 0 Å². The fraction of sp³-hybridized carbons (Fsp3) is 0.250. The van der Waals surface area contributed by atoms with Crippen molar-refractivity contribution in [1.29, 1.82) is 0 Å². The van der Waals surface area contributed by atoms with Gasteiger partial charge >= 0.3 is 5.97 Å². The van der Waals surface area contributed by atoms with E-state index in [4.69, 9.17) is 5.11 Å². The normalized spacial score (nSPS) is 16.7. The third-order valence-electron chi connectivity index (χ3n) is 3.98. The number of aromatic carboxylic acids is 1. The highest BCUT2D eigenvalue weighted by Crippen LogP contribution is 2.23. The van der Waals surface area contributed by atoms with E-state index in [9.17, 15) is 14.4 Å². The molecule has 0 radical (unpaired) electrons. The summed E-state index contributed by atoms with van der Waals surface area (Å²) < 4.78 is 1.57. The number of hydrogen-bond acceptors (Lipinski definition) is 4. The van der Waals surface area contributed by atoms with E-state index in [0.717, 1.165) is 5.56 Å². The predicted octanol–water partition coefficient (Wildman–Crippen LogP) is 0.802. The van der Waals surface area contributed by atoms with Crippen molar-refractivity contribution in [2.75, 3.05) is 5.32 Å². The maximum Gasteiger partial charge on any atom is 0.335 e. The van der Waals surface area contributed by atoms with E-state index in [1.54, 1.807) is 23.7 Å². The Kier molecular flexibility index (Phi) is 4.03. The molecular weight excluding hydrogens is 312 g/mol. The first-order valence-corrected chi connectivity index (χ1v) is 7.40. The Balaban J connectivity index is 1.77. The van der Waals surface area contributed by atoms with Crippen LogP contribution in [0.25, 0.3) is 0 Å². The van der Waals surface area contributed by atoms with Gasteiger partial charge in [0.1, 0.15) is 11.7 Å². The van der Waals surface area contributed by atoms with Crippen molar-refractivity contribution in [3.63, 3.8) is 0 Å². The molecule has 24 heavy (non-hydrogen) atoms. The number of rotatable bonds is 3. The third-order valence-corrected chi connectivity index (χ3v) is 3.98. The lowest BCUT2D eigenvalue weighted by Gasteiger charge is -2.15. The van der Waals surface area contributed by atoms with Crippen LogP contribution < -0.4 is 10.6 Å². The second kappa shape index (κ2) is 6.15. The minimum atomic E-state index is -1.02. The number of hydrogen-bond donors (Lipinski definition) is 3. The molecule has 2 aromatic rings. The molecule has 1 atom stereocenters. The maximum absolute atomic E-state index is 12.3. The predicted molar refractivity (Wildman–Crippen MR) is 84.8 cm³/mol. The number of carboxylic acid groups (broad SMARTS) is 1. The van der Waals surface area contributed by atoms with Crippen LogP contribution in [0.3, 0.4) is 0 Å². The largest absolute Gasteiger partial charge is 0.478 e. The van der Waals surface area contributed by atoms with Crippen molar-refractivity contribution < 1.29 is 19.5 Å². The van der Waals surface area contributed by atoms with Crippen LogP contribution in [0.2, 0.25) is 0 Å². The lowest BCUT2D eigenvalue weighted by molar-refractivity contribution is -0.118. The van der Waals surface area contributed by atoms with E-state index in [2.05, 4.69) is 15.6 Å². The molecule has 2 heterocycles. The van der Waals surface area contributed by atoms with Gasteiger partial charge in [0.05, 0.1) is 18.1 Å². The van der Waals surface area contributed by atoms with Crippen LogP contribution in [0.1, 0.15) is 32.8 Å². The number of amides is 2. The molecule has 1 unspecified atom stereocenters. The molecule has 2 amide bonds. The Morgan fingerprint density at radius 2 is 2.21 bits per heavy atom. The summed E-state index contributed by atoms with van der Waals surface area (Å²) in [5.41, 5.74) is 1.83. The Labute approximate surface area is 137 Å². The number of nitrogens with one attached hydrogen (secondary N) is 2. The summed E-state index contributed by atoms with van der Waals surface area (Å²) in [7, 11) is 1.69. The fourth-order valence-corrected chi connectivity index (χ4v) is 2.65. The Morgan fingerprint density at radius 1 is 1.42 bits per heavy atom. The summed E-state index contributed by atoms with van der Waals surface area (Å²) in [5.74, 6) is -1.73. The van der Waals surface area contributed by atoms with Gasteiger partial charge in [-0.15, -0.1) is 0 Å². The minimum absolute atomic E-state index is 0.167. The molecule has 8 heteroatoms. The average Bonchev–Trinajstić information content (AvgIpc) is 2.91. The number of imidazole rings is 1. The molecule has 0 bridgehead atoms. The van der Waals surface area contributed by atoms with Crippen LogP contribution in [-0.4, -0.2) is 38.5 Å². The number of carboxylic acids is 1. The van der Waals surface area contributed by atoms with Gasteiger partial charge in [-0.1, -0.05) is 0 Å². The van der Waals surface area contributed by atoms with Gasteiger partial charge in [-0.05, 0) is 36.6 Å². The number of aryl methyl sites for hydroxylation is 2. The number of carbonyl (C=O) groups is 3. The molecule has 0 saturated heterocycles. The number of aromatic nitrogens is 2. The van der Waals surface area contributed by atoms with Crippen molar-refractivity contribution in [2.45, 2.75) is 18.9 Å². The van der Waals surface area contributed by atoms with E-state index in [1.165, 1.54) is 18.6 Å². The van der Waals surface area contributed by atoms with E-state index >= 15 is 0 Å². The first-order chi connectivity index (χ1) is 11.5. The summed E-state index contributed by atoms with van der Waals surface area (Å²) in [4.78, 5) is 39.5. The number of fused-ring (bicyclic) bond motifs is 1. The van der Waals surface area contributed by atoms with Crippen molar-refractivity contribution >= 4 is 23.5 Å². The zero-order chi connectivity index (χ0) is 17.3. The zero-order valence-corrected chi connectivity index (χ0v) is 12.9. The van der Waals surface area contributed by atoms with E-state index in [1.807, 2.05) is 0 Å². The molecule has 8 nitrogen and oxygen atoms in total. The highest BCUT2D eigenvalue weighted by molar-refractivity contribution is 6.01. The molecule has 3 N–H and O–H groups in total. The van der Waals surface area contributed by atoms with Gasteiger partial charge in [-0.3, -0.25) is 9.59 Å². The second-order valence-electron chi connectivity index (χ2n) is 5.62. The molecule has 1 aromatic carbocycles. The van der Waals surface area contributed by atoms with Crippen molar-refractivity contribution in [1.82, 2.24) is 14.9 Å². The molecule has 0 aliphatic carbocycles. The fourth-order valence-electron chi connectivity index (χ4n) is 2.65. The quantitative estimate of drug-likeness (QED) is 0.771. The van der Waals surface area contributed by atoms with Gasteiger partial charge in [0.2, 0.25) is 5.91 Å².